The lowest BCUT2D eigenvalue weighted by atomic mass is 10.0. The van der Waals surface area contributed by atoms with Crippen LogP contribution in [0.1, 0.15) is 27.7 Å². The molecule has 0 bridgehead atoms. The molecule has 32 heavy (non-hydrogen) atoms. The predicted molar refractivity (Wildman–Crippen MR) is 119 cm³/mol. The largest absolute Gasteiger partial charge is 0.488 e. The summed E-state index contributed by atoms with van der Waals surface area (Å²) in [6.45, 7) is 2.25. The Morgan fingerprint density at radius 1 is 0.969 bits per heavy atom. The summed E-state index contributed by atoms with van der Waals surface area (Å²) in [6.07, 6.45) is -4.41. The molecule has 0 saturated carbocycles. The molecule has 3 aromatic carbocycles. The van der Waals surface area contributed by atoms with Gasteiger partial charge in [-0.15, -0.1) is 11.3 Å². The molecule has 0 unspecified atom stereocenters. The molecule has 164 valence electrons. The Hall–Kier alpha value is -3.32. The van der Waals surface area contributed by atoms with Gasteiger partial charge in [0.2, 0.25) is 0 Å². The van der Waals surface area contributed by atoms with Gasteiger partial charge in [0.15, 0.2) is 0 Å². The van der Waals surface area contributed by atoms with Gasteiger partial charge < -0.3 is 9.47 Å². The third kappa shape index (κ3) is 4.78. The Balaban J connectivity index is 1.56. The van der Waals surface area contributed by atoms with E-state index in [0.29, 0.717) is 12.2 Å². The first-order valence-corrected chi connectivity index (χ1v) is 10.8. The van der Waals surface area contributed by atoms with E-state index in [1.54, 1.807) is 19.1 Å². The third-order valence-electron chi connectivity index (χ3n) is 4.84. The van der Waals surface area contributed by atoms with Gasteiger partial charge in [-0.1, -0.05) is 36.4 Å². The second-order valence-electron chi connectivity index (χ2n) is 7.05. The van der Waals surface area contributed by atoms with Crippen LogP contribution >= 0.6 is 11.3 Å². The number of ether oxygens (including phenoxy) is 2. The summed E-state index contributed by atoms with van der Waals surface area (Å²) in [5, 5.41) is 1.02. The van der Waals surface area contributed by atoms with E-state index in [4.69, 9.17) is 9.47 Å². The van der Waals surface area contributed by atoms with Crippen molar-refractivity contribution < 1.29 is 27.4 Å². The molecule has 0 amide bonds. The highest BCUT2D eigenvalue weighted by molar-refractivity contribution is 7.19. The predicted octanol–water partition coefficient (Wildman–Crippen LogP) is 7.34. The molecule has 0 radical (unpaired) electrons. The first-order chi connectivity index (χ1) is 15.3. The van der Waals surface area contributed by atoms with Crippen LogP contribution < -0.4 is 4.74 Å². The maximum Gasteiger partial charge on any atom is 0.416 e. The smallest absolute Gasteiger partial charge is 0.416 e. The zero-order valence-electron chi connectivity index (χ0n) is 17.1. The van der Waals surface area contributed by atoms with Crippen molar-refractivity contribution >= 4 is 27.4 Å². The molecular weight excluding hydrogens is 437 g/mol. The van der Waals surface area contributed by atoms with Crippen LogP contribution in [0.2, 0.25) is 0 Å². The SMILES string of the molecule is CCOC(=O)c1ccc(-c2cccc3cc(COc4cccc(C(F)(F)F)c4)sc23)cc1. The van der Waals surface area contributed by atoms with E-state index in [0.717, 1.165) is 38.2 Å². The van der Waals surface area contributed by atoms with Crippen LogP contribution in [0, 0.1) is 0 Å². The zero-order valence-corrected chi connectivity index (χ0v) is 17.9. The Bertz CT molecular complexity index is 1240. The minimum absolute atomic E-state index is 0.169. The van der Waals surface area contributed by atoms with Crippen molar-refractivity contribution in [3.8, 4) is 16.9 Å². The molecule has 4 rings (SSSR count). The molecular formula is C25H19F3O3S. The number of rotatable bonds is 6. The molecule has 0 atom stereocenters. The Morgan fingerprint density at radius 2 is 1.72 bits per heavy atom. The summed E-state index contributed by atoms with van der Waals surface area (Å²) in [5.74, 6) is -0.186. The molecule has 0 saturated heterocycles. The molecule has 0 fully saturated rings. The van der Waals surface area contributed by atoms with Crippen LogP contribution in [-0.4, -0.2) is 12.6 Å². The number of alkyl halides is 3. The molecule has 0 spiro atoms. The standard InChI is InChI=1S/C25H19F3O3S/c1-2-30-24(29)17-11-9-16(10-12-17)22-8-3-5-18-13-21(32-23(18)22)15-31-20-7-4-6-19(14-20)25(26,27)28/h3-14H,2,15H2,1H3. The Labute approximate surface area is 187 Å². The van der Waals surface area contributed by atoms with E-state index in [1.807, 2.05) is 36.4 Å². The number of hydrogen-bond acceptors (Lipinski definition) is 4. The van der Waals surface area contributed by atoms with Gasteiger partial charge in [0.05, 0.1) is 17.7 Å². The highest BCUT2D eigenvalue weighted by Crippen LogP contribution is 2.36. The molecule has 1 aromatic heterocycles. The van der Waals surface area contributed by atoms with E-state index >= 15 is 0 Å². The van der Waals surface area contributed by atoms with Crippen LogP contribution in [0.15, 0.2) is 72.8 Å². The zero-order chi connectivity index (χ0) is 22.7. The fourth-order valence-electron chi connectivity index (χ4n) is 3.33. The average Bonchev–Trinajstić information content (AvgIpc) is 3.21. The van der Waals surface area contributed by atoms with Gasteiger partial charge in [0, 0.05) is 9.58 Å². The van der Waals surface area contributed by atoms with E-state index in [1.165, 1.54) is 23.5 Å². The summed E-state index contributed by atoms with van der Waals surface area (Å²) in [5.41, 5.74) is 1.72. The minimum Gasteiger partial charge on any atom is -0.488 e. The van der Waals surface area contributed by atoms with Gasteiger partial charge in [-0.3, -0.25) is 0 Å². The number of esters is 1. The number of carbonyl (C=O) groups excluding carboxylic acids is 1. The average molecular weight is 456 g/mol. The summed E-state index contributed by atoms with van der Waals surface area (Å²) >= 11 is 1.53. The summed E-state index contributed by atoms with van der Waals surface area (Å²) in [6, 6.07) is 20.0. The minimum atomic E-state index is -4.41. The molecule has 0 aliphatic heterocycles. The maximum atomic E-state index is 12.9. The topological polar surface area (TPSA) is 35.5 Å². The van der Waals surface area contributed by atoms with Crippen LogP contribution in [-0.2, 0) is 17.5 Å². The van der Waals surface area contributed by atoms with E-state index in [9.17, 15) is 18.0 Å². The van der Waals surface area contributed by atoms with Crippen molar-refractivity contribution in [1.82, 2.24) is 0 Å². The van der Waals surface area contributed by atoms with Gasteiger partial charge in [0.25, 0.3) is 0 Å². The lowest BCUT2D eigenvalue weighted by molar-refractivity contribution is -0.137. The van der Waals surface area contributed by atoms with Crippen molar-refractivity contribution in [2.24, 2.45) is 0 Å². The van der Waals surface area contributed by atoms with Gasteiger partial charge in [-0.25, -0.2) is 4.79 Å². The highest BCUT2D eigenvalue weighted by Gasteiger charge is 2.30. The number of thiophene rings is 1. The Kier molecular flexibility index (Phi) is 6.19. The van der Waals surface area contributed by atoms with E-state index in [2.05, 4.69) is 0 Å². The van der Waals surface area contributed by atoms with Gasteiger partial charge in [-0.05, 0) is 59.8 Å². The van der Waals surface area contributed by atoms with Gasteiger partial charge >= 0.3 is 12.1 Å². The summed E-state index contributed by atoms with van der Waals surface area (Å²) in [7, 11) is 0. The first-order valence-electron chi connectivity index (χ1n) is 9.94. The molecule has 1 heterocycles. The molecule has 4 aromatic rings. The second-order valence-corrected chi connectivity index (χ2v) is 8.19. The van der Waals surface area contributed by atoms with E-state index < -0.39 is 11.7 Å². The van der Waals surface area contributed by atoms with Crippen LogP contribution in [0.3, 0.4) is 0 Å². The summed E-state index contributed by atoms with van der Waals surface area (Å²) < 4.78 is 50.4. The second kappa shape index (κ2) is 9.04. The van der Waals surface area contributed by atoms with Crippen LogP contribution in [0.25, 0.3) is 21.2 Å². The fourth-order valence-corrected chi connectivity index (χ4v) is 4.44. The lowest BCUT2D eigenvalue weighted by Crippen LogP contribution is -2.05. The number of benzene rings is 3. The molecule has 0 aliphatic carbocycles. The molecule has 0 aliphatic rings. The third-order valence-corrected chi connectivity index (χ3v) is 6.00. The van der Waals surface area contributed by atoms with Gasteiger partial charge in [-0.2, -0.15) is 13.2 Å². The fraction of sp³-hybridized carbons (Fsp3) is 0.160. The highest BCUT2D eigenvalue weighted by atomic mass is 32.1. The Morgan fingerprint density at radius 3 is 2.44 bits per heavy atom. The monoisotopic (exact) mass is 456 g/mol. The molecule has 0 N–H and O–H groups in total. The van der Waals surface area contributed by atoms with Gasteiger partial charge in [0.1, 0.15) is 12.4 Å². The van der Waals surface area contributed by atoms with Crippen molar-refractivity contribution in [2.75, 3.05) is 6.61 Å². The number of fused-ring (bicyclic) bond motifs is 1. The molecule has 7 heteroatoms. The molecule has 3 nitrogen and oxygen atoms in total. The quantitative estimate of drug-likeness (QED) is 0.285. The van der Waals surface area contributed by atoms with Crippen molar-refractivity contribution in [2.45, 2.75) is 19.7 Å². The number of halogens is 3. The summed E-state index contributed by atoms with van der Waals surface area (Å²) in [4.78, 5) is 12.8. The van der Waals surface area contributed by atoms with Crippen molar-refractivity contribution in [3.63, 3.8) is 0 Å². The van der Waals surface area contributed by atoms with Crippen molar-refractivity contribution in [3.05, 3.63) is 88.8 Å². The number of hydrogen-bond donors (Lipinski definition) is 0. The van der Waals surface area contributed by atoms with Crippen molar-refractivity contribution in [1.29, 1.82) is 0 Å². The number of carbonyl (C=O) groups is 1. The van der Waals surface area contributed by atoms with Crippen LogP contribution in [0.5, 0.6) is 5.75 Å². The van der Waals surface area contributed by atoms with E-state index in [-0.39, 0.29) is 18.3 Å². The lowest BCUT2D eigenvalue weighted by Gasteiger charge is -2.09. The maximum absolute atomic E-state index is 12.9. The van der Waals surface area contributed by atoms with Crippen LogP contribution in [0.4, 0.5) is 13.2 Å². The first kappa shape index (κ1) is 21.9. The normalized spacial score (nSPS) is 11.5.